The van der Waals surface area contributed by atoms with E-state index in [0.717, 1.165) is 19.0 Å². The van der Waals surface area contributed by atoms with E-state index in [4.69, 9.17) is 4.74 Å². The largest absolute Gasteiger partial charge is 0.378 e. The minimum Gasteiger partial charge on any atom is -0.378 e. The van der Waals surface area contributed by atoms with E-state index >= 15 is 0 Å². The normalized spacial score (nSPS) is 16.4. The lowest BCUT2D eigenvalue weighted by molar-refractivity contribution is 0.122. The molecule has 1 fully saturated rings. The van der Waals surface area contributed by atoms with Crippen LogP contribution in [0.25, 0.3) is 5.52 Å². The van der Waals surface area contributed by atoms with Crippen molar-refractivity contribution >= 4 is 11.5 Å². The van der Waals surface area contributed by atoms with Gasteiger partial charge in [-0.05, 0) is 6.92 Å². The molecule has 1 saturated heterocycles. The lowest BCUT2D eigenvalue weighted by Crippen LogP contribution is -2.37. The highest BCUT2D eigenvalue weighted by molar-refractivity contribution is 5.56. The van der Waals surface area contributed by atoms with Crippen molar-refractivity contribution in [2.75, 3.05) is 31.2 Å². The van der Waals surface area contributed by atoms with Gasteiger partial charge in [0.25, 0.3) is 5.56 Å². The van der Waals surface area contributed by atoms with Gasteiger partial charge in [0.15, 0.2) is 5.52 Å². The van der Waals surface area contributed by atoms with Gasteiger partial charge in [-0.15, -0.1) is 0 Å². The Hall–Kier alpha value is -1.89. The second-order valence-corrected chi connectivity index (χ2v) is 4.40. The molecule has 0 aliphatic carbocycles. The molecule has 0 N–H and O–H groups in total. The Kier molecular flexibility index (Phi) is 2.55. The summed E-state index contributed by atoms with van der Waals surface area (Å²) in [6, 6.07) is 0. The lowest BCUT2D eigenvalue weighted by Gasteiger charge is -2.26. The molecule has 0 radical (unpaired) electrons. The topological polar surface area (TPSA) is 64.7 Å². The zero-order chi connectivity index (χ0) is 12.7. The third-order valence-corrected chi connectivity index (χ3v) is 3.17. The van der Waals surface area contributed by atoms with Crippen LogP contribution in [0.2, 0.25) is 0 Å². The van der Waals surface area contributed by atoms with E-state index in [-0.39, 0.29) is 5.56 Å². The Morgan fingerprint density at radius 1 is 1.33 bits per heavy atom. The number of fused-ring (bicyclic) bond motifs is 1. The average Bonchev–Trinajstić information content (AvgIpc) is 2.73. The highest BCUT2D eigenvalue weighted by Crippen LogP contribution is 2.16. The number of anilines is 1. The number of aryl methyl sites for hydroxylation is 2. The van der Waals surface area contributed by atoms with Gasteiger partial charge in [-0.2, -0.15) is 9.61 Å². The minimum atomic E-state index is -0.0745. The molecule has 18 heavy (non-hydrogen) atoms. The molecule has 0 amide bonds. The third kappa shape index (κ3) is 1.59. The predicted octanol–water partition coefficient (Wildman–Crippen LogP) is -0.427. The van der Waals surface area contributed by atoms with Crippen molar-refractivity contribution in [3.05, 3.63) is 22.4 Å². The van der Waals surface area contributed by atoms with E-state index in [0.29, 0.717) is 24.4 Å². The van der Waals surface area contributed by atoms with E-state index in [1.165, 1.54) is 10.9 Å². The van der Waals surface area contributed by atoms with Gasteiger partial charge in [-0.25, -0.2) is 4.98 Å². The zero-order valence-corrected chi connectivity index (χ0v) is 10.5. The molecule has 7 nitrogen and oxygen atoms in total. The fourth-order valence-corrected chi connectivity index (χ4v) is 2.17. The van der Waals surface area contributed by atoms with Crippen LogP contribution in [0.3, 0.4) is 0 Å². The molecule has 2 aromatic heterocycles. The van der Waals surface area contributed by atoms with Crippen LogP contribution in [-0.2, 0) is 11.8 Å². The van der Waals surface area contributed by atoms with Gasteiger partial charge in [-0.1, -0.05) is 0 Å². The number of rotatable bonds is 1. The molecular formula is C11H15N5O2. The SMILES string of the molecule is Cc1nc(N2CCOCC2)n2ncn(C)c(=O)c12. The summed E-state index contributed by atoms with van der Waals surface area (Å²) in [6.07, 6.45) is 1.51. The number of nitrogens with zero attached hydrogens (tertiary/aromatic N) is 5. The standard InChI is InChI=1S/C11H15N5O2/c1-8-9-10(17)14(2)7-12-16(9)11(13-8)15-3-5-18-6-4-15/h7H,3-6H2,1-2H3. The second kappa shape index (κ2) is 4.09. The van der Waals surface area contributed by atoms with E-state index < -0.39 is 0 Å². The number of hydrogen-bond donors (Lipinski definition) is 0. The zero-order valence-electron chi connectivity index (χ0n) is 10.5. The van der Waals surface area contributed by atoms with Crippen LogP contribution in [0, 0.1) is 6.92 Å². The molecular weight excluding hydrogens is 234 g/mol. The number of imidazole rings is 1. The van der Waals surface area contributed by atoms with E-state index in [1.54, 1.807) is 11.6 Å². The fourth-order valence-electron chi connectivity index (χ4n) is 2.17. The van der Waals surface area contributed by atoms with Crippen molar-refractivity contribution in [1.82, 2.24) is 19.2 Å². The quantitative estimate of drug-likeness (QED) is 0.686. The van der Waals surface area contributed by atoms with Crippen molar-refractivity contribution in [1.29, 1.82) is 0 Å². The average molecular weight is 249 g/mol. The lowest BCUT2D eigenvalue weighted by atomic mass is 10.4. The maximum absolute atomic E-state index is 12.1. The molecule has 0 spiro atoms. The summed E-state index contributed by atoms with van der Waals surface area (Å²) < 4.78 is 8.41. The summed E-state index contributed by atoms with van der Waals surface area (Å²) in [5, 5.41) is 4.27. The van der Waals surface area contributed by atoms with Crippen molar-refractivity contribution in [2.24, 2.45) is 7.05 Å². The molecule has 1 aliphatic heterocycles. The van der Waals surface area contributed by atoms with Crippen LogP contribution < -0.4 is 10.5 Å². The summed E-state index contributed by atoms with van der Waals surface area (Å²) in [7, 11) is 1.69. The van der Waals surface area contributed by atoms with Crippen LogP contribution in [0.1, 0.15) is 5.69 Å². The van der Waals surface area contributed by atoms with Gasteiger partial charge < -0.3 is 9.64 Å². The Morgan fingerprint density at radius 3 is 2.78 bits per heavy atom. The first-order valence-electron chi connectivity index (χ1n) is 5.92. The van der Waals surface area contributed by atoms with Gasteiger partial charge in [0.1, 0.15) is 6.33 Å². The van der Waals surface area contributed by atoms with Crippen LogP contribution in [0.4, 0.5) is 5.95 Å². The molecule has 0 unspecified atom stereocenters. The number of morpholine rings is 1. The first kappa shape index (κ1) is 11.2. The summed E-state index contributed by atoms with van der Waals surface area (Å²) in [6.45, 7) is 4.74. The summed E-state index contributed by atoms with van der Waals surface area (Å²) in [5.74, 6) is 0.725. The summed E-state index contributed by atoms with van der Waals surface area (Å²) in [5.41, 5.74) is 1.18. The molecule has 0 aromatic carbocycles. The van der Waals surface area contributed by atoms with Gasteiger partial charge in [0.05, 0.1) is 18.9 Å². The van der Waals surface area contributed by atoms with Gasteiger partial charge in [-0.3, -0.25) is 9.36 Å². The Labute approximate surface area is 104 Å². The fraction of sp³-hybridized carbons (Fsp3) is 0.545. The monoisotopic (exact) mass is 249 g/mol. The van der Waals surface area contributed by atoms with Gasteiger partial charge in [0, 0.05) is 20.1 Å². The first-order chi connectivity index (χ1) is 8.68. The highest BCUT2D eigenvalue weighted by atomic mass is 16.5. The molecule has 0 saturated carbocycles. The maximum atomic E-state index is 12.1. The third-order valence-electron chi connectivity index (χ3n) is 3.17. The maximum Gasteiger partial charge on any atom is 0.279 e. The van der Waals surface area contributed by atoms with Gasteiger partial charge in [0.2, 0.25) is 5.95 Å². The van der Waals surface area contributed by atoms with Gasteiger partial charge >= 0.3 is 0 Å². The van der Waals surface area contributed by atoms with Crippen molar-refractivity contribution < 1.29 is 4.74 Å². The number of ether oxygens (including phenoxy) is 1. The molecule has 0 atom stereocenters. The summed E-state index contributed by atoms with van der Waals surface area (Å²) >= 11 is 0. The number of hydrogen-bond acceptors (Lipinski definition) is 5. The Morgan fingerprint density at radius 2 is 2.06 bits per heavy atom. The van der Waals surface area contributed by atoms with E-state index in [2.05, 4.69) is 15.0 Å². The predicted molar refractivity (Wildman–Crippen MR) is 66.0 cm³/mol. The molecule has 96 valence electrons. The molecule has 3 rings (SSSR count). The Bertz CT molecular complexity index is 639. The first-order valence-corrected chi connectivity index (χ1v) is 5.92. The molecule has 3 heterocycles. The van der Waals surface area contributed by atoms with Crippen molar-refractivity contribution in [3.8, 4) is 0 Å². The summed E-state index contributed by atoms with van der Waals surface area (Å²) in [4.78, 5) is 18.6. The van der Waals surface area contributed by atoms with Crippen LogP contribution in [0.5, 0.6) is 0 Å². The highest BCUT2D eigenvalue weighted by Gasteiger charge is 2.20. The van der Waals surface area contributed by atoms with E-state index in [1.807, 2.05) is 6.92 Å². The Balaban J connectivity index is 2.19. The molecule has 7 heteroatoms. The van der Waals surface area contributed by atoms with E-state index in [9.17, 15) is 4.79 Å². The second-order valence-electron chi connectivity index (χ2n) is 4.40. The van der Waals surface area contributed by atoms with Crippen molar-refractivity contribution in [2.45, 2.75) is 6.92 Å². The van der Waals surface area contributed by atoms with Crippen LogP contribution in [0.15, 0.2) is 11.1 Å². The minimum absolute atomic E-state index is 0.0745. The van der Waals surface area contributed by atoms with Crippen LogP contribution >= 0.6 is 0 Å². The number of aromatic nitrogens is 4. The molecule has 0 bridgehead atoms. The van der Waals surface area contributed by atoms with Crippen molar-refractivity contribution in [3.63, 3.8) is 0 Å². The molecule has 2 aromatic rings. The molecule has 1 aliphatic rings. The van der Waals surface area contributed by atoms with Crippen LogP contribution in [-0.4, -0.2) is 45.5 Å². The smallest absolute Gasteiger partial charge is 0.279 e.